The van der Waals surface area contributed by atoms with Gasteiger partial charge in [-0.15, -0.1) is 0 Å². The molecule has 4 rings (SSSR count). The van der Waals surface area contributed by atoms with E-state index >= 15 is 0 Å². The summed E-state index contributed by atoms with van der Waals surface area (Å²) in [5.74, 6) is 1.06. The lowest BCUT2D eigenvalue weighted by Gasteiger charge is -2.29. The Bertz CT molecular complexity index is 743. The van der Waals surface area contributed by atoms with E-state index in [1.54, 1.807) is 0 Å². The minimum absolute atomic E-state index is 0.163. The highest BCUT2D eigenvalue weighted by atomic mass is 15.1. The van der Waals surface area contributed by atoms with Crippen LogP contribution in [0, 0.1) is 0 Å². The summed E-state index contributed by atoms with van der Waals surface area (Å²) >= 11 is 0. The molecule has 1 unspecified atom stereocenters. The first kappa shape index (κ1) is 10.6. The third-order valence-corrected chi connectivity index (χ3v) is 4.15. The zero-order valence-corrected chi connectivity index (χ0v) is 10.7. The van der Waals surface area contributed by atoms with Crippen LogP contribution in [0.4, 0.5) is 0 Å². The first-order valence-electron chi connectivity index (χ1n) is 6.51. The highest BCUT2D eigenvalue weighted by molar-refractivity contribution is 5.70. The molecule has 0 saturated heterocycles. The van der Waals surface area contributed by atoms with E-state index in [-0.39, 0.29) is 5.54 Å². The van der Waals surface area contributed by atoms with Gasteiger partial charge in [0.1, 0.15) is 5.82 Å². The van der Waals surface area contributed by atoms with Crippen molar-refractivity contribution in [2.75, 3.05) is 0 Å². The Kier molecular flexibility index (Phi) is 1.99. The van der Waals surface area contributed by atoms with Crippen LogP contribution in [0.25, 0.3) is 11.4 Å². The van der Waals surface area contributed by atoms with E-state index in [0.29, 0.717) is 0 Å². The first-order chi connectivity index (χ1) is 9.32. The van der Waals surface area contributed by atoms with Crippen LogP contribution in [0.2, 0.25) is 0 Å². The minimum atomic E-state index is -0.163. The maximum atomic E-state index is 4.52. The molecule has 2 aromatic carbocycles. The first-order valence-corrected chi connectivity index (χ1v) is 6.51. The predicted octanol–water partition coefficient (Wildman–Crippen LogP) is 3.68. The number of fused-ring (bicyclic) bond motifs is 3. The fourth-order valence-electron chi connectivity index (χ4n) is 3.15. The maximum absolute atomic E-state index is 4.52. The zero-order valence-electron chi connectivity index (χ0n) is 10.7. The Morgan fingerprint density at radius 3 is 2.53 bits per heavy atom. The van der Waals surface area contributed by atoms with E-state index in [2.05, 4.69) is 77.3 Å². The summed E-state index contributed by atoms with van der Waals surface area (Å²) < 4.78 is 2.27. The summed E-state index contributed by atoms with van der Waals surface area (Å²) in [6.07, 6.45) is 3.95. The summed E-state index contributed by atoms with van der Waals surface area (Å²) in [5, 5.41) is 0. The Morgan fingerprint density at radius 1 is 0.947 bits per heavy atom. The van der Waals surface area contributed by atoms with Gasteiger partial charge >= 0.3 is 0 Å². The summed E-state index contributed by atoms with van der Waals surface area (Å²) in [4.78, 5) is 4.52. The molecule has 0 bridgehead atoms. The molecule has 2 heteroatoms. The summed E-state index contributed by atoms with van der Waals surface area (Å²) in [7, 11) is 0. The fourth-order valence-corrected chi connectivity index (χ4v) is 3.15. The van der Waals surface area contributed by atoms with Gasteiger partial charge in [0.15, 0.2) is 0 Å². The molecule has 1 aliphatic rings. The van der Waals surface area contributed by atoms with E-state index in [4.69, 9.17) is 0 Å². The van der Waals surface area contributed by atoms with Gasteiger partial charge < -0.3 is 4.57 Å². The van der Waals surface area contributed by atoms with E-state index in [1.807, 2.05) is 6.20 Å². The molecular weight excluding hydrogens is 232 g/mol. The van der Waals surface area contributed by atoms with Gasteiger partial charge in [-0.25, -0.2) is 4.98 Å². The highest BCUT2D eigenvalue weighted by Gasteiger charge is 2.40. The van der Waals surface area contributed by atoms with Crippen LogP contribution in [-0.2, 0) is 5.54 Å². The van der Waals surface area contributed by atoms with Crippen LogP contribution in [-0.4, -0.2) is 9.55 Å². The van der Waals surface area contributed by atoms with Gasteiger partial charge in [-0.2, -0.15) is 0 Å². The zero-order chi connectivity index (χ0) is 12.9. The Hall–Kier alpha value is -2.35. The number of rotatable bonds is 1. The molecule has 92 valence electrons. The van der Waals surface area contributed by atoms with E-state index in [0.717, 1.165) is 5.82 Å². The summed E-state index contributed by atoms with van der Waals surface area (Å²) in [6, 6.07) is 19.2. The second-order valence-corrected chi connectivity index (χ2v) is 5.10. The van der Waals surface area contributed by atoms with Crippen molar-refractivity contribution in [2.24, 2.45) is 0 Å². The van der Waals surface area contributed by atoms with Gasteiger partial charge in [0.05, 0.1) is 5.54 Å². The molecule has 1 atom stereocenters. The topological polar surface area (TPSA) is 17.8 Å². The molecule has 19 heavy (non-hydrogen) atoms. The molecule has 0 aliphatic carbocycles. The molecule has 2 nitrogen and oxygen atoms in total. The molecule has 2 heterocycles. The standard InChI is InChI=1S/C17H14N2/c1-17(13-7-3-2-4-8-13)15-10-6-5-9-14(15)16-18-11-12-19(16)17/h2-12H,1H3. The fraction of sp³-hybridized carbons (Fsp3) is 0.118. The van der Waals surface area contributed by atoms with Gasteiger partial charge in [-0.05, 0) is 18.1 Å². The third kappa shape index (κ3) is 1.23. The van der Waals surface area contributed by atoms with Crippen molar-refractivity contribution >= 4 is 0 Å². The summed E-state index contributed by atoms with van der Waals surface area (Å²) in [5.41, 5.74) is 3.69. The van der Waals surface area contributed by atoms with Crippen LogP contribution in [0.5, 0.6) is 0 Å². The number of aromatic nitrogens is 2. The SMILES string of the molecule is CC1(c2ccccc2)c2ccccc2-c2nccn21. The van der Waals surface area contributed by atoms with Gasteiger partial charge in [-0.1, -0.05) is 54.6 Å². The largest absolute Gasteiger partial charge is 0.317 e. The molecule has 0 amide bonds. The van der Waals surface area contributed by atoms with Crippen molar-refractivity contribution in [3.63, 3.8) is 0 Å². The van der Waals surface area contributed by atoms with Crippen LogP contribution in [0.3, 0.4) is 0 Å². The molecule has 0 fully saturated rings. The third-order valence-electron chi connectivity index (χ3n) is 4.15. The van der Waals surface area contributed by atoms with Gasteiger partial charge in [0.25, 0.3) is 0 Å². The van der Waals surface area contributed by atoms with Crippen molar-refractivity contribution < 1.29 is 0 Å². The second kappa shape index (κ2) is 3.58. The Morgan fingerprint density at radius 2 is 1.68 bits per heavy atom. The molecule has 1 aromatic heterocycles. The molecule has 0 spiro atoms. The quantitative estimate of drug-likeness (QED) is 0.640. The Labute approximate surface area is 112 Å². The van der Waals surface area contributed by atoms with Gasteiger partial charge in [-0.3, -0.25) is 0 Å². The van der Waals surface area contributed by atoms with Gasteiger partial charge in [0.2, 0.25) is 0 Å². The van der Waals surface area contributed by atoms with E-state index in [9.17, 15) is 0 Å². The average Bonchev–Trinajstić information content (AvgIpc) is 3.04. The van der Waals surface area contributed by atoms with Crippen molar-refractivity contribution in [2.45, 2.75) is 12.5 Å². The van der Waals surface area contributed by atoms with Gasteiger partial charge in [0, 0.05) is 18.0 Å². The minimum Gasteiger partial charge on any atom is -0.317 e. The number of hydrogen-bond acceptors (Lipinski definition) is 1. The monoisotopic (exact) mass is 246 g/mol. The van der Waals surface area contributed by atoms with Crippen LogP contribution < -0.4 is 0 Å². The van der Waals surface area contributed by atoms with E-state index in [1.165, 1.54) is 16.7 Å². The number of benzene rings is 2. The lowest BCUT2D eigenvalue weighted by Crippen LogP contribution is -2.28. The second-order valence-electron chi connectivity index (χ2n) is 5.10. The molecule has 3 aromatic rings. The number of nitrogens with zero attached hydrogens (tertiary/aromatic N) is 2. The maximum Gasteiger partial charge on any atom is 0.141 e. The van der Waals surface area contributed by atoms with Crippen molar-refractivity contribution in [1.82, 2.24) is 9.55 Å². The smallest absolute Gasteiger partial charge is 0.141 e. The van der Waals surface area contributed by atoms with Crippen molar-refractivity contribution in [1.29, 1.82) is 0 Å². The highest BCUT2D eigenvalue weighted by Crippen LogP contribution is 2.46. The molecule has 1 aliphatic heterocycles. The molecule has 0 N–H and O–H groups in total. The molecule has 0 radical (unpaired) electrons. The number of imidazole rings is 1. The lowest BCUT2D eigenvalue weighted by atomic mass is 9.84. The van der Waals surface area contributed by atoms with E-state index < -0.39 is 0 Å². The Balaban J connectivity index is 2.09. The number of hydrogen-bond donors (Lipinski definition) is 0. The van der Waals surface area contributed by atoms with Crippen molar-refractivity contribution in [3.8, 4) is 11.4 Å². The lowest BCUT2D eigenvalue weighted by molar-refractivity contribution is 0.502. The van der Waals surface area contributed by atoms with Crippen LogP contribution >= 0.6 is 0 Å². The normalized spacial score (nSPS) is 20.1. The van der Waals surface area contributed by atoms with Crippen LogP contribution in [0.15, 0.2) is 67.0 Å². The van der Waals surface area contributed by atoms with Crippen LogP contribution in [0.1, 0.15) is 18.1 Å². The van der Waals surface area contributed by atoms with Crippen molar-refractivity contribution in [3.05, 3.63) is 78.1 Å². The average molecular weight is 246 g/mol. The summed E-state index contributed by atoms with van der Waals surface area (Å²) in [6.45, 7) is 2.26. The molecule has 0 saturated carbocycles. The predicted molar refractivity (Wildman–Crippen MR) is 76.0 cm³/mol. The molecular formula is C17H14N2.